The first kappa shape index (κ1) is 15.4. The Morgan fingerprint density at radius 2 is 1.95 bits per heavy atom. The van der Waals surface area contributed by atoms with E-state index in [0.717, 1.165) is 6.54 Å². The van der Waals surface area contributed by atoms with E-state index in [2.05, 4.69) is 42.9 Å². The van der Waals surface area contributed by atoms with Crippen molar-refractivity contribution in [3.8, 4) is 0 Å². The van der Waals surface area contributed by atoms with Gasteiger partial charge in [0.1, 0.15) is 11.0 Å². The number of para-hydroxylation sites is 1. The lowest BCUT2D eigenvalue weighted by molar-refractivity contribution is 0.0698. The van der Waals surface area contributed by atoms with E-state index in [0.29, 0.717) is 29.7 Å². The second-order valence-electron chi connectivity index (χ2n) is 5.72. The van der Waals surface area contributed by atoms with Gasteiger partial charge in [-0.25, -0.2) is 9.48 Å². The monoisotopic (exact) mass is 290 g/mol. The second kappa shape index (κ2) is 6.22. The van der Waals surface area contributed by atoms with E-state index in [1.807, 2.05) is 0 Å². The highest BCUT2D eigenvalue weighted by Gasteiger charge is 2.17. The van der Waals surface area contributed by atoms with Crippen molar-refractivity contribution in [2.45, 2.75) is 46.3 Å². The first-order chi connectivity index (χ1) is 9.91. The van der Waals surface area contributed by atoms with E-state index in [9.17, 15) is 9.90 Å². The Labute approximate surface area is 124 Å². The molecule has 1 aromatic heterocycles. The van der Waals surface area contributed by atoms with Crippen molar-refractivity contribution in [2.75, 3.05) is 6.54 Å². The van der Waals surface area contributed by atoms with Gasteiger partial charge in [-0.3, -0.25) is 4.90 Å². The van der Waals surface area contributed by atoms with Gasteiger partial charge in [0.25, 0.3) is 0 Å². The Kier molecular flexibility index (Phi) is 4.57. The van der Waals surface area contributed by atoms with Crippen molar-refractivity contribution in [1.82, 2.24) is 19.9 Å². The maximum absolute atomic E-state index is 11.3. The minimum Gasteiger partial charge on any atom is -0.478 e. The Balaban J connectivity index is 2.29. The molecule has 0 atom stereocenters. The average Bonchev–Trinajstić information content (AvgIpc) is 2.81. The highest BCUT2D eigenvalue weighted by atomic mass is 16.4. The normalized spacial score (nSPS) is 12.0. The maximum atomic E-state index is 11.3. The summed E-state index contributed by atoms with van der Waals surface area (Å²) in [6.07, 6.45) is 0. The van der Waals surface area contributed by atoms with Crippen LogP contribution in [0.4, 0.5) is 0 Å². The molecule has 0 aliphatic carbocycles. The van der Waals surface area contributed by atoms with Crippen LogP contribution in [-0.4, -0.2) is 49.6 Å². The molecular weight excluding hydrogens is 268 g/mol. The number of carboxylic acid groups (broad SMARTS) is 1. The van der Waals surface area contributed by atoms with Gasteiger partial charge in [-0.1, -0.05) is 11.3 Å². The summed E-state index contributed by atoms with van der Waals surface area (Å²) in [6.45, 7) is 10.0. The largest absolute Gasteiger partial charge is 0.478 e. The number of rotatable bonds is 6. The fraction of sp³-hybridized carbons (Fsp3) is 0.533. The Morgan fingerprint density at radius 1 is 1.29 bits per heavy atom. The van der Waals surface area contributed by atoms with Crippen molar-refractivity contribution < 1.29 is 9.90 Å². The van der Waals surface area contributed by atoms with Crippen molar-refractivity contribution in [3.05, 3.63) is 23.8 Å². The second-order valence-corrected chi connectivity index (χ2v) is 5.72. The highest BCUT2D eigenvalue weighted by Crippen LogP contribution is 2.17. The van der Waals surface area contributed by atoms with Crippen LogP contribution in [0.3, 0.4) is 0 Å². The number of aromatic carboxylic acids is 1. The van der Waals surface area contributed by atoms with Crippen LogP contribution in [0.5, 0.6) is 0 Å². The number of aromatic nitrogens is 3. The molecule has 0 saturated heterocycles. The summed E-state index contributed by atoms with van der Waals surface area (Å²) in [4.78, 5) is 13.7. The van der Waals surface area contributed by atoms with Crippen LogP contribution in [0.2, 0.25) is 0 Å². The summed E-state index contributed by atoms with van der Waals surface area (Å²) < 4.78 is 1.69. The summed E-state index contributed by atoms with van der Waals surface area (Å²) in [5.74, 6) is -0.950. The lowest BCUT2D eigenvalue weighted by atomic mass is 10.2. The number of nitrogens with zero attached hydrogens (tertiary/aromatic N) is 4. The zero-order valence-electron chi connectivity index (χ0n) is 12.9. The summed E-state index contributed by atoms with van der Waals surface area (Å²) in [6, 6.07) is 5.93. The van der Waals surface area contributed by atoms with E-state index in [-0.39, 0.29) is 5.56 Å². The van der Waals surface area contributed by atoms with Gasteiger partial charge in [0.2, 0.25) is 0 Å². The summed E-state index contributed by atoms with van der Waals surface area (Å²) >= 11 is 0. The minimum absolute atomic E-state index is 0.248. The topological polar surface area (TPSA) is 71.2 Å². The van der Waals surface area contributed by atoms with Crippen LogP contribution in [0.1, 0.15) is 38.1 Å². The van der Waals surface area contributed by atoms with Gasteiger partial charge in [0.15, 0.2) is 0 Å². The molecule has 1 aromatic carbocycles. The molecule has 0 unspecified atom stereocenters. The van der Waals surface area contributed by atoms with Crippen molar-refractivity contribution in [1.29, 1.82) is 0 Å². The van der Waals surface area contributed by atoms with Crippen LogP contribution >= 0.6 is 0 Å². The standard InChI is InChI=1S/C15H22N4O2/c1-10(2)18(11(3)4)8-9-19-14-12(15(20)21)6-5-7-13(14)16-17-19/h5-7,10-11H,8-9H2,1-4H3,(H,20,21). The number of fused-ring (bicyclic) bond motifs is 1. The molecule has 6 nitrogen and oxygen atoms in total. The maximum Gasteiger partial charge on any atom is 0.337 e. The van der Waals surface area contributed by atoms with Gasteiger partial charge >= 0.3 is 5.97 Å². The molecule has 0 fully saturated rings. The first-order valence-corrected chi connectivity index (χ1v) is 7.23. The number of hydrogen-bond donors (Lipinski definition) is 1. The average molecular weight is 290 g/mol. The van der Waals surface area contributed by atoms with Gasteiger partial charge in [0, 0.05) is 18.6 Å². The molecule has 21 heavy (non-hydrogen) atoms. The Bertz CT molecular complexity index is 626. The lowest BCUT2D eigenvalue weighted by Gasteiger charge is -2.30. The fourth-order valence-electron chi connectivity index (χ4n) is 2.68. The predicted octanol–water partition coefficient (Wildman–Crippen LogP) is 2.25. The van der Waals surface area contributed by atoms with Crippen LogP contribution in [0.15, 0.2) is 18.2 Å². The fourth-order valence-corrected chi connectivity index (χ4v) is 2.68. The SMILES string of the molecule is CC(C)N(CCn1nnc2cccc(C(=O)O)c21)C(C)C. The molecular formula is C15H22N4O2. The van der Waals surface area contributed by atoms with Gasteiger partial charge in [-0.15, -0.1) is 5.10 Å². The van der Waals surface area contributed by atoms with Gasteiger partial charge < -0.3 is 5.11 Å². The molecule has 2 rings (SSSR count). The third kappa shape index (κ3) is 3.21. The summed E-state index contributed by atoms with van der Waals surface area (Å²) in [7, 11) is 0. The molecule has 0 spiro atoms. The van der Waals surface area contributed by atoms with Gasteiger partial charge in [-0.05, 0) is 39.8 Å². The van der Waals surface area contributed by atoms with Crippen LogP contribution < -0.4 is 0 Å². The molecule has 1 N–H and O–H groups in total. The Hall–Kier alpha value is -1.95. The lowest BCUT2D eigenvalue weighted by Crippen LogP contribution is -2.39. The molecule has 2 aromatic rings. The first-order valence-electron chi connectivity index (χ1n) is 7.23. The highest BCUT2D eigenvalue weighted by molar-refractivity contribution is 6.00. The third-order valence-electron chi connectivity index (χ3n) is 3.66. The minimum atomic E-state index is -0.950. The molecule has 0 aliphatic rings. The molecule has 0 aliphatic heterocycles. The van der Waals surface area contributed by atoms with Crippen LogP contribution in [0, 0.1) is 0 Å². The molecule has 6 heteroatoms. The number of hydrogen-bond acceptors (Lipinski definition) is 4. The van der Waals surface area contributed by atoms with E-state index < -0.39 is 5.97 Å². The van der Waals surface area contributed by atoms with E-state index in [1.54, 1.807) is 22.9 Å². The van der Waals surface area contributed by atoms with Crippen LogP contribution in [0.25, 0.3) is 11.0 Å². The summed E-state index contributed by atoms with van der Waals surface area (Å²) in [5.41, 5.74) is 1.46. The van der Waals surface area contributed by atoms with E-state index in [4.69, 9.17) is 0 Å². The molecule has 0 amide bonds. The van der Waals surface area contributed by atoms with Gasteiger partial charge in [0.05, 0.1) is 12.1 Å². The summed E-state index contributed by atoms with van der Waals surface area (Å²) in [5, 5.41) is 17.5. The van der Waals surface area contributed by atoms with Crippen LogP contribution in [-0.2, 0) is 6.54 Å². The zero-order chi connectivity index (χ0) is 15.6. The smallest absolute Gasteiger partial charge is 0.337 e. The Morgan fingerprint density at radius 3 is 2.52 bits per heavy atom. The number of carbonyl (C=O) groups is 1. The molecule has 1 heterocycles. The van der Waals surface area contributed by atoms with E-state index in [1.165, 1.54) is 0 Å². The molecule has 114 valence electrons. The van der Waals surface area contributed by atoms with Crippen molar-refractivity contribution >= 4 is 17.0 Å². The quantitative estimate of drug-likeness (QED) is 0.883. The zero-order valence-corrected chi connectivity index (χ0v) is 12.9. The van der Waals surface area contributed by atoms with Crippen molar-refractivity contribution in [3.63, 3.8) is 0 Å². The molecule has 0 radical (unpaired) electrons. The molecule has 0 saturated carbocycles. The van der Waals surface area contributed by atoms with E-state index >= 15 is 0 Å². The molecule has 0 bridgehead atoms. The van der Waals surface area contributed by atoms with Gasteiger partial charge in [-0.2, -0.15) is 0 Å². The number of carboxylic acids is 1. The number of benzene rings is 1. The van der Waals surface area contributed by atoms with Crippen molar-refractivity contribution in [2.24, 2.45) is 0 Å². The third-order valence-corrected chi connectivity index (χ3v) is 3.66. The predicted molar refractivity (Wildman–Crippen MR) is 81.5 cm³/mol.